The Bertz CT molecular complexity index is 1100. The highest BCUT2D eigenvalue weighted by Gasteiger charge is 2.42. The maximum Gasteiger partial charge on any atom is 0.0741 e. The summed E-state index contributed by atoms with van der Waals surface area (Å²) < 4.78 is 0. The van der Waals surface area contributed by atoms with Crippen LogP contribution in [0.2, 0.25) is 10.0 Å². The van der Waals surface area contributed by atoms with Crippen molar-refractivity contribution in [2.45, 2.75) is 32.0 Å². The molecule has 3 aromatic rings. The molecule has 3 nitrogen and oxygen atoms in total. The number of hydrogen-bond donors (Lipinski definition) is 0. The van der Waals surface area contributed by atoms with Gasteiger partial charge in [0.15, 0.2) is 0 Å². The lowest BCUT2D eigenvalue weighted by Crippen LogP contribution is -2.46. The lowest BCUT2D eigenvalue weighted by Gasteiger charge is -2.42. The molecule has 3 atom stereocenters. The van der Waals surface area contributed by atoms with Crippen molar-refractivity contribution in [1.29, 1.82) is 0 Å². The second-order valence-electron chi connectivity index (χ2n) is 9.07. The highest BCUT2D eigenvalue weighted by atomic mass is 35.5. The molecule has 0 unspecified atom stereocenters. The van der Waals surface area contributed by atoms with Crippen LogP contribution in [0.15, 0.2) is 66.7 Å². The molecule has 3 aromatic carbocycles. The normalized spacial score (nSPS) is 23.9. The monoisotopic (exact) mass is 466 g/mol. The summed E-state index contributed by atoms with van der Waals surface area (Å²) in [7, 11) is 2.07. The molecule has 2 heterocycles. The molecule has 2 aliphatic rings. The number of likely N-dealkylation sites (tertiary alicyclic amines) is 1. The second kappa shape index (κ2) is 9.17. The fourth-order valence-electron chi connectivity index (χ4n) is 5.31. The van der Waals surface area contributed by atoms with Crippen LogP contribution in [0.5, 0.6) is 0 Å². The zero-order valence-corrected chi connectivity index (χ0v) is 20.0. The van der Waals surface area contributed by atoms with Gasteiger partial charge in [0.1, 0.15) is 0 Å². The van der Waals surface area contributed by atoms with Gasteiger partial charge in [0.2, 0.25) is 0 Å². The summed E-state index contributed by atoms with van der Waals surface area (Å²) in [5.74, 6) is 0.505. The Labute approximate surface area is 200 Å². The lowest BCUT2D eigenvalue weighted by molar-refractivity contribution is -0.114. The molecular formula is C27H28Cl2N2O. The van der Waals surface area contributed by atoms with Crippen molar-refractivity contribution in [1.82, 2.24) is 9.96 Å². The average molecular weight is 467 g/mol. The SMILES string of the molecule is Cc1ccccc1-c1cccc([C@@H]2C[C@H]3[C@H](CON3C)CN2Cc2cc(Cl)cc(Cl)c2)c1. The lowest BCUT2D eigenvalue weighted by atomic mass is 9.84. The summed E-state index contributed by atoms with van der Waals surface area (Å²) in [5, 5.41) is 3.44. The number of nitrogens with zero attached hydrogens (tertiary/aromatic N) is 2. The fraction of sp³-hybridized carbons (Fsp3) is 0.333. The zero-order chi connectivity index (χ0) is 22.2. The van der Waals surface area contributed by atoms with Crippen LogP contribution >= 0.6 is 23.2 Å². The van der Waals surface area contributed by atoms with Crippen LogP contribution in [0.3, 0.4) is 0 Å². The molecule has 0 saturated carbocycles. The maximum atomic E-state index is 6.30. The van der Waals surface area contributed by atoms with Crippen LogP contribution in [0, 0.1) is 12.8 Å². The van der Waals surface area contributed by atoms with E-state index in [4.69, 9.17) is 28.0 Å². The Kier molecular flexibility index (Phi) is 6.28. The average Bonchev–Trinajstić information content (AvgIpc) is 3.12. The van der Waals surface area contributed by atoms with E-state index in [-0.39, 0.29) is 0 Å². The summed E-state index contributed by atoms with van der Waals surface area (Å²) in [5.41, 5.74) is 6.34. The number of aryl methyl sites for hydroxylation is 1. The number of halogens is 2. The summed E-state index contributed by atoms with van der Waals surface area (Å²) in [6.07, 6.45) is 1.03. The number of hydroxylamine groups is 2. The molecule has 0 aromatic heterocycles. The van der Waals surface area contributed by atoms with Crippen molar-refractivity contribution in [2.24, 2.45) is 5.92 Å². The van der Waals surface area contributed by atoms with E-state index in [1.165, 1.54) is 22.3 Å². The quantitative estimate of drug-likeness (QED) is 0.421. The van der Waals surface area contributed by atoms with Crippen LogP contribution in [0.4, 0.5) is 0 Å². The molecule has 0 aliphatic carbocycles. The Morgan fingerprint density at radius 1 is 0.969 bits per heavy atom. The summed E-state index contributed by atoms with van der Waals surface area (Å²) in [4.78, 5) is 8.47. The van der Waals surface area contributed by atoms with Crippen LogP contribution in [-0.4, -0.2) is 36.2 Å². The molecular weight excluding hydrogens is 439 g/mol. The van der Waals surface area contributed by atoms with Gasteiger partial charge in [0.05, 0.1) is 6.61 Å². The Morgan fingerprint density at radius 2 is 1.75 bits per heavy atom. The van der Waals surface area contributed by atoms with Gasteiger partial charge in [-0.15, -0.1) is 0 Å². The Balaban J connectivity index is 1.50. The Morgan fingerprint density at radius 3 is 2.53 bits per heavy atom. The standard InChI is InChI=1S/C27H28Cl2N2O/c1-18-6-3-4-9-25(18)20-7-5-8-21(12-20)27-14-26-22(17-32-30(26)2)16-31(27)15-19-10-23(28)13-24(29)11-19/h3-13,22,26-27H,14-17H2,1-2H3/t22-,26-,27-/m0/s1. The molecule has 0 radical (unpaired) electrons. The fourth-order valence-corrected chi connectivity index (χ4v) is 5.88. The van der Waals surface area contributed by atoms with Crippen molar-refractivity contribution >= 4 is 23.2 Å². The van der Waals surface area contributed by atoms with Gasteiger partial charge in [-0.05, 0) is 65.4 Å². The van der Waals surface area contributed by atoms with E-state index in [1.54, 1.807) is 6.07 Å². The van der Waals surface area contributed by atoms with Gasteiger partial charge in [-0.3, -0.25) is 9.74 Å². The molecule has 32 heavy (non-hydrogen) atoms. The van der Waals surface area contributed by atoms with Crippen molar-refractivity contribution in [3.8, 4) is 11.1 Å². The topological polar surface area (TPSA) is 15.7 Å². The molecule has 0 N–H and O–H groups in total. The molecule has 2 saturated heterocycles. The van der Waals surface area contributed by atoms with E-state index >= 15 is 0 Å². The summed E-state index contributed by atoms with van der Waals surface area (Å²) in [6, 6.07) is 24.2. The molecule has 2 aliphatic heterocycles. The molecule has 166 valence electrons. The van der Waals surface area contributed by atoms with Gasteiger partial charge >= 0.3 is 0 Å². The first-order chi connectivity index (χ1) is 15.5. The number of benzene rings is 3. The molecule has 0 amide bonds. The third-order valence-corrected chi connectivity index (χ3v) is 7.35. The van der Waals surface area contributed by atoms with Gasteiger partial charge in [0.25, 0.3) is 0 Å². The third kappa shape index (κ3) is 4.46. The molecule has 2 fully saturated rings. The first-order valence-electron chi connectivity index (χ1n) is 11.2. The van der Waals surface area contributed by atoms with Crippen LogP contribution in [-0.2, 0) is 11.4 Å². The van der Waals surface area contributed by atoms with Crippen LogP contribution < -0.4 is 0 Å². The number of fused-ring (bicyclic) bond motifs is 1. The van der Waals surface area contributed by atoms with Crippen molar-refractivity contribution in [3.63, 3.8) is 0 Å². The van der Waals surface area contributed by atoms with Crippen LogP contribution in [0.25, 0.3) is 11.1 Å². The molecule has 5 heteroatoms. The Hall–Kier alpha value is -1.88. The number of piperidine rings is 1. The number of hydrogen-bond acceptors (Lipinski definition) is 3. The smallest absolute Gasteiger partial charge is 0.0741 e. The van der Waals surface area contributed by atoms with E-state index in [0.29, 0.717) is 28.0 Å². The zero-order valence-electron chi connectivity index (χ0n) is 18.5. The maximum absolute atomic E-state index is 6.30. The molecule has 0 bridgehead atoms. The van der Waals surface area contributed by atoms with Gasteiger partial charge in [0, 0.05) is 48.2 Å². The van der Waals surface area contributed by atoms with E-state index in [9.17, 15) is 0 Å². The minimum atomic E-state index is 0.294. The highest BCUT2D eigenvalue weighted by Crippen LogP contribution is 2.40. The van der Waals surface area contributed by atoms with Gasteiger partial charge in [-0.2, -0.15) is 5.06 Å². The first kappa shape index (κ1) is 21.9. The van der Waals surface area contributed by atoms with E-state index in [2.05, 4.69) is 72.5 Å². The van der Waals surface area contributed by atoms with Gasteiger partial charge in [-0.1, -0.05) is 65.7 Å². The minimum absolute atomic E-state index is 0.294. The van der Waals surface area contributed by atoms with Crippen LogP contribution in [0.1, 0.15) is 29.2 Å². The van der Waals surface area contributed by atoms with Crippen molar-refractivity contribution in [2.75, 3.05) is 20.2 Å². The minimum Gasteiger partial charge on any atom is -0.299 e. The first-order valence-corrected chi connectivity index (χ1v) is 11.9. The van der Waals surface area contributed by atoms with Gasteiger partial charge < -0.3 is 0 Å². The van der Waals surface area contributed by atoms with Crippen molar-refractivity contribution in [3.05, 3.63) is 93.5 Å². The summed E-state index contributed by atoms with van der Waals surface area (Å²) >= 11 is 12.6. The van der Waals surface area contributed by atoms with E-state index in [1.807, 2.05) is 12.1 Å². The molecule has 0 spiro atoms. The third-order valence-electron chi connectivity index (χ3n) is 6.91. The molecule has 5 rings (SSSR count). The predicted octanol–water partition coefficient (Wildman–Crippen LogP) is 6.78. The predicted molar refractivity (Wildman–Crippen MR) is 132 cm³/mol. The van der Waals surface area contributed by atoms with Crippen molar-refractivity contribution < 1.29 is 4.84 Å². The number of rotatable bonds is 4. The largest absolute Gasteiger partial charge is 0.299 e. The summed E-state index contributed by atoms with van der Waals surface area (Å²) in [6.45, 7) is 4.75. The van der Waals surface area contributed by atoms with E-state index in [0.717, 1.165) is 31.7 Å². The van der Waals surface area contributed by atoms with E-state index < -0.39 is 0 Å². The van der Waals surface area contributed by atoms with Gasteiger partial charge in [-0.25, -0.2) is 0 Å². The highest BCUT2D eigenvalue weighted by molar-refractivity contribution is 6.34. The second-order valence-corrected chi connectivity index (χ2v) is 9.94.